The minimum atomic E-state index is 0. The summed E-state index contributed by atoms with van der Waals surface area (Å²) in [6.07, 6.45) is 2.33. The highest BCUT2D eigenvalue weighted by Crippen LogP contribution is 2.28. The van der Waals surface area contributed by atoms with Crippen LogP contribution in [0.3, 0.4) is 0 Å². The van der Waals surface area contributed by atoms with Gasteiger partial charge in [-0.25, -0.2) is 0 Å². The number of nitrogens with zero attached hydrogens (tertiary/aromatic N) is 1. The van der Waals surface area contributed by atoms with E-state index in [1.165, 1.54) is 11.1 Å². The number of carbonyl (C=O) groups is 1. The molecule has 1 fully saturated rings. The number of amides is 1. The average molecular weight is 311 g/mol. The van der Waals surface area contributed by atoms with Gasteiger partial charge in [0.25, 0.3) is 0 Å². The van der Waals surface area contributed by atoms with Crippen molar-refractivity contribution in [3.8, 4) is 0 Å². The summed E-state index contributed by atoms with van der Waals surface area (Å²) in [5.74, 6) is 0.258. The van der Waals surface area contributed by atoms with Crippen LogP contribution in [0, 0.1) is 12.3 Å². The van der Waals surface area contributed by atoms with E-state index in [-0.39, 0.29) is 29.8 Å². The lowest BCUT2D eigenvalue weighted by Gasteiger charge is -2.42. The molecule has 0 radical (unpaired) electrons. The van der Waals surface area contributed by atoms with Gasteiger partial charge in [-0.1, -0.05) is 38.1 Å². The van der Waals surface area contributed by atoms with Crippen LogP contribution in [0.25, 0.3) is 0 Å². The van der Waals surface area contributed by atoms with Gasteiger partial charge in [-0.3, -0.25) is 4.79 Å². The number of piperidine rings is 1. The van der Waals surface area contributed by atoms with Crippen LogP contribution in [0.2, 0.25) is 0 Å². The maximum Gasteiger partial charge on any atom is 0.222 e. The summed E-state index contributed by atoms with van der Waals surface area (Å²) < 4.78 is 0. The second-order valence-electron chi connectivity index (χ2n) is 6.63. The molecule has 0 aliphatic carbocycles. The Bertz CT molecular complexity index is 487. The van der Waals surface area contributed by atoms with Crippen LogP contribution in [0.5, 0.6) is 0 Å². The van der Waals surface area contributed by atoms with E-state index in [1.54, 1.807) is 0 Å². The van der Waals surface area contributed by atoms with E-state index >= 15 is 0 Å². The number of likely N-dealkylation sites (tertiary alicyclic amines) is 1. The molecular weight excluding hydrogens is 284 g/mol. The van der Waals surface area contributed by atoms with Gasteiger partial charge in [0.05, 0.1) is 0 Å². The summed E-state index contributed by atoms with van der Waals surface area (Å²) in [7, 11) is 0. The monoisotopic (exact) mass is 310 g/mol. The van der Waals surface area contributed by atoms with E-state index in [9.17, 15) is 4.79 Å². The fraction of sp³-hybridized carbons (Fsp3) is 0.588. The van der Waals surface area contributed by atoms with Gasteiger partial charge in [-0.05, 0) is 36.3 Å². The van der Waals surface area contributed by atoms with E-state index < -0.39 is 0 Å². The third-order valence-corrected chi connectivity index (χ3v) is 4.53. The van der Waals surface area contributed by atoms with Gasteiger partial charge >= 0.3 is 0 Å². The first-order chi connectivity index (χ1) is 9.40. The molecule has 1 heterocycles. The van der Waals surface area contributed by atoms with Gasteiger partial charge < -0.3 is 10.6 Å². The largest absolute Gasteiger partial charge is 0.342 e. The molecule has 2 rings (SSSR count). The van der Waals surface area contributed by atoms with Gasteiger partial charge in [0.15, 0.2) is 0 Å². The standard InChI is InChI=1S/C17H26N2O.ClH/c1-13-6-4-5-7-14(13)8-9-16(20)19-11-10-15(18)17(2,3)12-19;/h4-7,15H,8-12,18H2,1-3H3;1H. The lowest BCUT2D eigenvalue weighted by Crippen LogP contribution is -2.54. The Hall–Kier alpha value is -1.06. The minimum absolute atomic E-state index is 0. The number of halogens is 1. The third kappa shape index (κ3) is 4.45. The summed E-state index contributed by atoms with van der Waals surface area (Å²) in [5, 5.41) is 0. The quantitative estimate of drug-likeness (QED) is 0.933. The molecule has 118 valence electrons. The van der Waals surface area contributed by atoms with Gasteiger partial charge in [0.1, 0.15) is 0 Å². The van der Waals surface area contributed by atoms with E-state index in [0.717, 1.165) is 25.9 Å². The van der Waals surface area contributed by atoms with Gasteiger partial charge in [0, 0.05) is 25.6 Å². The molecule has 1 aromatic carbocycles. The fourth-order valence-corrected chi connectivity index (χ4v) is 2.88. The Morgan fingerprint density at radius 3 is 2.67 bits per heavy atom. The molecule has 1 aromatic rings. The number of carbonyl (C=O) groups excluding carboxylic acids is 1. The molecule has 1 aliphatic heterocycles. The number of aryl methyl sites for hydroxylation is 2. The zero-order valence-corrected chi connectivity index (χ0v) is 14.1. The second-order valence-corrected chi connectivity index (χ2v) is 6.63. The van der Waals surface area contributed by atoms with Crippen molar-refractivity contribution < 1.29 is 4.79 Å². The smallest absolute Gasteiger partial charge is 0.222 e. The Morgan fingerprint density at radius 2 is 2.05 bits per heavy atom. The zero-order valence-electron chi connectivity index (χ0n) is 13.3. The second kappa shape index (κ2) is 7.28. The van der Waals surface area contributed by atoms with Crippen LogP contribution >= 0.6 is 12.4 Å². The Morgan fingerprint density at radius 1 is 1.38 bits per heavy atom. The SMILES string of the molecule is Cc1ccccc1CCC(=O)N1CCC(N)C(C)(C)C1.Cl. The maximum atomic E-state index is 12.4. The molecule has 0 saturated carbocycles. The van der Waals surface area contributed by atoms with Gasteiger partial charge in [0.2, 0.25) is 5.91 Å². The van der Waals surface area contributed by atoms with Gasteiger partial charge in [-0.2, -0.15) is 0 Å². The molecular formula is C17H27ClN2O. The van der Waals surface area contributed by atoms with Crippen molar-refractivity contribution >= 4 is 18.3 Å². The molecule has 1 amide bonds. The first kappa shape index (κ1) is 18.0. The molecule has 0 spiro atoms. The van der Waals surface area contributed by atoms with Crippen LogP contribution in [-0.4, -0.2) is 29.9 Å². The number of rotatable bonds is 3. The zero-order chi connectivity index (χ0) is 14.8. The van der Waals surface area contributed by atoms with E-state index in [4.69, 9.17) is 5.73 Å². The predicted molar refractivity (Wildman–Crippen MR) is 89.7 cm³/mol. The molecule has 1 atom stereocenters. The minimum Gasteiger partial charge on any atom is -0.342 e. The topological polar surface area (TPSA) is 46.3 Å². The molecule has 4 heteroatoms. The molecule has 1 unspecified atom stereocenters. The Labute approximate surface area is 134 Å². The lowest BCUT2D eigenvalue weighted by molar-refractivity contribution is -0.134. The van der Waals surface area contributed by atoms with Crippen LogP contribution in [-0.2, 0) is 11.2 Å². The number of hydrogen-bond donors (Lipinski definition) is 1. The maximum absolute atomic E-state index is 12.4. The Balaban J connectivity index is 0.00000220. The van der Waals surface area contributed by atoms with Crippen LogP contribution < -0.4 is 5.73 Å². The summed E-state index contributed by atoms with van der Waals surface area (Å²) in [4.78, 5) is 14.4. The van der Waals surface area contributed by atoms with Crippen molar-refractivity contribution in [1.82, 2.24) is 4.90 Å². The molecule has 3 nitrogen and oxygen atoms in total. The van der Waals surface area contributed by atoms with Crippen LogP contribution in [0.1, 0.15) is 37.8 Å². The summed E-state index contributed by atoms with van der Waals surface area (Å²) in [6.45, 7) is 7.98. The summed E-state index contributed by atoms with van der Waals surface area (Å²) in [6, 6.07) is 8.48. The highest BCUT2D eigenvalue weighted by molar-refractivity contribution is 5.85. The van der Waals surface area contributed by atoms with E-state index in [2.05, 4.69) is 32.9 Å². The van der Waals surface area contributed by atoms with Crippen molar-refractivity contribution in [3.63, 3.8) is 0 Å². The van der Waals surface area contributed by atoms with Crippen molar-refractivity contribution in [3.05, 3.63) is 35.4 Å². The first-order valence-electron chi connectivity index (χ1n) is 7.48. The fourth-order valence-electron chi connectivity index (χ4n) is 2.88. The average Bonchev–Trinajstić information content (AvgIpc) is 2.40. The molecule has 2 N–H and O–H groups in total. The van der Waals surface area contributed by atoms with Crippen LogP contribution in [0.4, 0.5) is 0 Å². The van der Waals surface area contributed by atoms with Crippen LogP contribution in [0.15, 0.2) is 24.3 Å². The molecule has 1 aliphatic rings. The van der Waals surface area contributed by atoms with Gasteiger partial charge in [-0.15, -0.1) is 12.4 Å². The molecule has 1 saturated heterocycles. The van der Waals surface area contributed by atoms with Crippen molar-refractivity contribution in [1.29, 1.82) is 0 Å². The highest BCUT2D eigenvalue weighted by Gasteiger charge is 2.34. The highest BCUT2D eigenvalue weighted by atomic mass is 35.5. The third-order valence-electron chi connectivity index (χ3n) is 4.53. The summed E-state index contributed by atoms with van der Waals surface area (Å²) >= 11 is 0. The van der Waals surface area contributed by atoms with E-state index in [1.807, 2.05) is 17.0 Å². The number of hydrogen-bond acceptors (Lipinski definition) is 2. The Kier molecular flexibility index (Phi) is 6.24. The van der Waals surface area contributed by atoms with Crippen molar-refractivity contribution in [2.45, 2.75) is 46.1 Å². The predicted octanol–water partition coefficient (Wildman–Crippen LogP) is 2.94. The number of nitrogens with two attached hydrogens (primary N) is 1. The molecule has 0 bridgehead atoms. The summed E-state index contributed by atoms with van der Waals surface area (Å²) in [5.41, 5.74) is 8.68. The normalized spacial score (nSPS) is 20.8. The van der Waals surface area contributed by atoms with Crippen molar-refractivity contribution in [2.75, 3.05) is 13.1 Å². The van der Waals surface area contributed by atoms with E-state index in [0.29, 0.717) is 6.42 Å². The lowest BCUT2D eigenvalue weighted by atomic mass is 9.79. The van der Waals surface area contributed by atoms with Crippen molar-refractivity contribution in [2.24, 2.45) is 11.1 Å². The molecule has 0 aromatic heterocycles. The first-order valence-corrected chi connectivity index (χ1v) is 7.48. The number of benzene rings is 1. The molecule has 21 heavy (non-hydrogen) atoms.